The van der Waals surface area contributed by atoms with E-state index in [-0.39, 0.29) is 24.1 Å². The van der Waals surface area contributed by atoms with E-state index in [1.54, 1.807) is 36.4 Å². The minimum Gasteiger partial charge on any atom is -0.477 e. The zero-order valence-corrected chi connectivity index (χ0v) is 14.3. The highest BCUT2D eigenvalue weighted by atomic mass is 35.5. The van der Waals surface area contributed by atoms with Gasteiger partial charge in [-0.15, -0.1) is 0 Å². The van der Waals surface area contributed by atoms with E-state index in [1.807, 2.05) is 6.92 Å². The van der Waals surface area contributed by atoms with E-state index in [9.17, 15) is 9.59 Å². The van der Waals surface area contributed by atoms with Gasteiger partial charge in [0, 0.05) is 0 Å². The molecule has 3 rings (SSSR count). The topological polar surface area (TPSA) is 97.6 Å². The van der Waals surface area contributed by atoms with Crippen molar-refractivity contribution in [2.24, 2.45) is 0 Å². The van der Waals surface area contributed by atoms with Gasteiger partial charge < -0.3 is 15.8 Å². The molecule has 1 aromatic carbocycles. The molecule has 2 aromatic rings. The van der Waals surface area contributed by atoms with Gasteiger partial charge >= 0.3 is 0 Å². The lowest BCUT2D eigenvalue weighted by Gasteiger charge is -2.32. The summed E-state index contributed by atoms with van der Waals surface area (Å²) in [6.45, 7) is 1.62. The first-order chi connectivity index (χ1) is 12.0. The van der Waals surface area contributed by atoms with E-state index in [2.05, 4.69) is 10.3 Å². The standard InChI is InChI=1S/C17H17ClN4O3/c1-2-12-17(24)22(16-13(25-12)7-8-14(19)21-16)9-15(23)20-11-6-4-3-5-10(11)18/h3-8,12H,2,9H2,1H3,(H2,19,21)(H,20,23). The molecular formula is C17H17ClN4O3. The number of carbonyl (C=O) groups excluding carboxylic acids is 2. The van der Waals surface area contributed by atoms with Gasteiger partial charge in [-0.05, 0) is 30.7 Å². The van der Waals surface area contributed by atoms with Gasteiger partial charge in [0.2, 0.25) is 5.91 Å². The average Bonchev–Trinajstić information content (AvgIpc) is 2.59. The molecule has 1 aliphatic rings. The van der Waals surface area contributed by atoms with Gasteiger partial charge in [0.05, 0.1) is 10.7 Å². The summed E-state index contributed by atoms with van der Waals surface area (Å²) in [6, 6.07) is 10.1. The normalized spacial score (nSPS) is 16.2. The Balaban J connectivity index is 1.85. The van der Waals surface area contributed by atoms with Crippen LogP contribution in [0.5, 0.6) is 5.75 Å². The van der Waals surface area contributed by atoms with Crippen molar-refractivity contribution in [1.29, 1.82) is 0 Å². The SMILES string of the molecule is CCC1Oc2ccc(N)nc2N(CC(=O)Nc2ccccc2Cl)C1=O. The van der Waals surface area contributed by atoms with Gasteiger partial charge in [0.25, 0.3) is 5.91 Å². The molecule has 0 radical (unpaired) electrons. The van der Waals surface area contributed by atoms with Crippen LogP contribution < -0.4 is 20.7 Å². The van der Waals surface area contributed by atoms with Crippen LogP contribution in [0.2, 0.25) is 5.02 Å². The van der Waals surface area contributed by atoms with Gasteiger partial charge in [0.1, 0.15) is 12.4 Å². The van der Waals surface area contributed by atoms with Crippen LogP contribution in [0.25, 0.3) is 0 Å². The summed E-state index contributed by atoms with van der Waals surface area (Å²) in [5, 5.41) is 3.11. The Morgan fingerprint density at radius 2 is 2.12 bits per heavy atom. The van der Waals surface area contributed by atoms with E-state index in [1.165, 1.54) is 4.90 Å². The maximum absolute atomic E-state index is 12.6. The first-order valence-electron chi connectivity index (χ1n) is 7.78. The Kier molecular flexibility index (Phi) is 4.76. The second kappa shape index (κ2) is 6.98. The number of para-hydroxylation sites is 1. The van der Waals surface area contributed by atoms with Gasteiger partial charge in [-0.2, -0.15) is 0 Å². The summed E-state index contributed by atoms with van der Waals surface area (Å²) in [4.78, 5) is 30.4. The number of fused-ring (bicyclic) bond motifs is 1. The number of nitrogen functional groups attached to an aromatic ring is 1. The molecule has 2 amide bonds. The number of nitrogens with one attached hydrogen (secondary N) is 1. The summed E-state index contributed by atoms with van der Waals surface area (Å²) in [5.74, 6) is 0.174. The molecule has 0 aliphatic carbocycles. The highest BCUT2D eigenvalue weighted by Crippen LogP contribution is 2.33. The lowest BCUT2D eigenvalue weighted by molar-refractivity contribution is -0.128. The third kappa shape index (κ3) is 3.51. The number of nitrogens with two attached hydrogens (primary N) is 1. The molecule has 0 fully saturated rings. The summed E-state index contributed by atoms with van der Waals surface area (Å²) in [5.41, 5.74) is 6.18. The first-order valence-corrected chi connectivity index (χ1v) is 8.16. The second-order valence-electron chi connectivity index (χ2n) is 5.53. The molecule has 2 heterocycles. The highest BCUT2D eigenvalue weighted by Gasteiger charge is 2.35. The predicted molar refractivity (Wildman–Crippen MR) is 95.8 cm³/mol. The minimum absolute atomic E-state index is 0.215. The Hall–Kier alpha value is -2.80. The van der Waals surface area contributed by atoms with E-state index >= 15 is 0 Å². The van der Waals surface area contributed by atoms with Gasteiger partial charge in [-0.3, -0.25) is 14.5 Å². The molecule has 8 heteroatoms. The zero-order chi connectivity index (χ0) is 18.0. The smallest absolute Gasteiger partial charge is 0.269 e. The van der Waals surface area contributed by atoms with Crippen molar-refractivity contribution >= 4 is 40.7 Å². The largest absolute Gasteiger partial charge is 0.477 e. The molecule has 130 valence electrons. The maximum atomic E-state index is 12.6. The molecule has 1 aliphatic heterocycles. The van der Waals surface area contributed by atoms with Crippen molar-refractivity contribution in [3.63, 3.8) is 0 Å². The van der Waals surface area contributed by atoms with Crippen LogP contribution in [0.4, 0.5) is 17.3 Å². The first kappa shape index (κ1) is 17.0. The Morgan fingerprint density at radius 3 is 2.84 bits per heavy atom. The number of rotatable bonds is 4. The minimum atomic E-state index is -0.661. The molecular weight excluding hydrogens is 344 g/mol. The Morgan fingerprint density at radius 1 is 1.36 bits per heavy atom. The number of anilines is 3. The van der Waals surface area contributed by atoms with Crippen LogP contribution in [-0.2, 0) is 9.59 Å². The monoisotopic (exact) mass is 360 g/mol. The fourth-order valence-electron chi connectivity index (χ4n) is 2.52. The molecule has 0 saturated heterocycles. The quantitative estimate of drug-likeness (QED) is 0.872. The summed E-state index contributed by atoms with van der Waals surface area (Å²) in [6.07, 6.45) is -0.184. The van der Waals surface area contributed by atoms with Crippen LogP contribution >= 0.6 is 11.6 Å². The van der Waals surface area contributed by atoms with Gasteiger partial charge in [0.15, 0.2) is 17.7 Å². The van der Waals surface area contributed by atoms with Crippen LogP contribution in [0.1, 0.15) is 13.3 Å². The third-order valence-corrected chi connectivity index (χ3v) is 4.08. The van der Waals surface area contributed by atoms with Gasteiger partial charge in [-0.1, -0.05) is 30.7 Å². The fourth-order valence-corrected chi connectivity index (χ4v) is 2.71. The number of nitrogens with zero attached hydrogens (tertiary/aromatic N) is 2. The number of carbonyl (C=O) groups is 2. The second-order valence-corrected chi connectivity index (χ2v) is 5.93. The van der Waals surface area contributed by atoms with Gasteiger partial charge in [-0.25, -0.2) is 4.98 Å². The van der Waals surface area contributed by atoms with Crippen molar-refractivity contribution in [3.8, 4) is 5.75 Å². The van der Waals surface area contributed by atoms with E-state index < -0.39 is 12.0 Å². The molecule has 0 saturated carbocycles. The molecule has 1 atom stereocenters. The third-order valence-electron chi connectivity index (χ3n) is 3.75. The van der Waals surface area contributed by atoms with Crippen molar-refractivity contribution in [3.05, 3.63) is 41.4 Å². The summed E-state index contributed by atoms with van der Waals surface area (Å²) >= 11 is 6.04. The van der Waals surface area contributed by atoms with Crippen molar-refractivity contribution in [2.45, 2.75) is 19.4 Å². The van der Waals surface area contributed by atoms with Crippen LogP contribution in [0, 0.1) is 0 Å². The summed E-state index contributed by atoms with van der Waals surface area (Å²) < 4.78 is 5.64. The van der Waals surface area contributed by atoms with Crippen molar-refractivity contribution < 1.29 is 14.3 Å². The molecule has 3 N–H and O–H groups in total. The molecule has 0 bridgehead atoms. The van der Waals surface area contributed by atoms with Crippen LogP contribution in [0.15, 0.2) is 36.4 Å². The number of halogens is 1. The van der Waals surface area contributed by atoms with E-state index in [0.29, 0.717) is 22.9 Å². The number of aromatic nitrogens is 1. The molecule has 7 nitrogen and oxygen atoms in total. The summed E-state index contributed by atoms with van der Waals surface area (Å²) in [7, 11) is 0. The van der Waals surface area contributed by atoms with Crippen LogP contribution in [-0.4, -0.2) is 29.4 Å². The predicted octanol–water partition coefficient (Wildman–Crippen LogP) is 2.46. The fraction of sp³-hybridized carbons (Fsp3) is 0.235. The van der Waals surface area contributed by atoms with Crippen LogP contribution in [0.3, 0.4) is 0 Å². The molecule has 25 heavy (non-hydrogen) atoms. The molecule has 1 unspecified atom stereocenters. The van der Waals surface area contributed by atoms with E-state index in [0.717, 1.165) is 0 Å². The van der Waals surface area contributed by atoms with E-state index in [4.69, 9.17) is 22.1 Å². The number of benzene rings is 1. The Labute approximate surface area is 149 Å². The lowest BCUT2D eigenvalue weighted by Crippen LogP contribution is -2.49. The zero-order valence-electron chi connectivity index (χ0n) is 13.5. The van der Waals surface area contributed by atoms with Crippen molar-refractivity contribution in [2.75, 3.05) is 22.5 Å². The highest BCUT2D eigenvalue weighted by molar-refractivity contribution is 6.33. The number of amides is 2. The number of hydrogen-bond acceptors (Lipinski definition) is 5. The number of ether oxygens (including phenoxy) is 1. The van der Waals surface area contributed by atoms with Crippen molar-refractivity contribution in [1.82, 2.24) is 4.98 Å². The molecule has 0 spiro atoms. The molecule has 1 aromatic heterocycles. The number of hydrogen-bond donors (Lipinski definition) is 2. The lowest BCUT2D eigenvalue weighted by atomic mass is 10.2. The average molecular weight is 361 g/mol. The Bertz CT molecular complexity index is 827. The number of pyridine rings is 1. The maximum Gasteiger partial charge on any atom is 0.269 e.